The van der Waals surface area contributed by atoms with E-state index in [2.05, 4.69) is 15.6 Å². The van der Waals surface area contributed by atoms with Gasteiger partial charge >= 0.3 is 6.09 Å². The van der Waals surface area contributed by atoms with Crippen molar-refractivity contribution in [1.29, 1.82) is 0 Å². The van der Waals surface area contributed by atoms with Gasteiger partial charge in [0.1, 0.15) is 11.4 Å². The first kappa shape index (κ1) is 26.9. The average molecular weight is 550 g/mol. The second-order valence-corrected chi connectivity index (χ2v) is 7.94. The molecule has 2 N–H and O–H groups in total. The van der Waals surface area contributed by atoms with Gasteiger partial charge < -0.3 is 34.5 Å². The van der Waals surface area contributed by atoms with Gasteiger partial charge in [0.15, 0.2) is 17.5 Å². The molecule has 0 unspecified atom stereocenters. The van der Waals surface area contributed by atoms with E-state index in [0.29, 0.717) is 42.8 Å². The van der Waals surface area contributed by atoms with Gasteiger partial charge in [0.25, 0.3) is 0 Å². The van der Waals surface area contributed by atoms with E-state index in [9.17, 15) is 4.79 Å². The third-order valence-electron chi connectivity index (χ3n) is 4.41. The van der Waals surface area contributed by atoms with Gasteiger partial charge in [-0.2, -0.15) is 0 Å². The van der Waals surface area contributed by atoms with Crippen molar-refractivity contribution < 1.29 is 23.7 Å². The van der Waals surface area contributed by atoms with E-state index >= 15 is 0 Å². The van der Waals surface area contributed by atoms with Crippen LogP contribution in [0.5, 0.6) is 17.2 Å². The fourth-order valence-corrected chi connectivity index (χ4v) is 2.94. The van der Waals surface area contributed by atoms with Gasteiger partial charge in [0.2, 0.25) is 0 Å². The van der Waals surface area contributed by atoms with Crippen LogP contribution in [0.2, 0.25) is 0 Å². The minimum absolute atomic E-state index is 0. The van der Waals surface area contributed by atoms with Crippen LogP contribution in [-0.4, -0.2) is 69.6 Å². The zero-order valence-electron chi connectivity index (χ0n) is 19.4. The standard InChI is InChI=1S/C21H34N4O5.HI/c1-8-22-19(24-15-12-25(13-15)20(26)30-21(2,3)4)23-11-14-9-17(28-6)18(29-7)10-16(14)27-5;/h9-10,15H,8,11-13H2,1-7H3,(H2,22,23,24);1H. The first-order valence-corrected chi connectivity index (χ1v) is 10.0. The van der Waals surface area contributed by atoms with Crippen molar-refractivity contribution in [2.45, 2.75) is 45.9 Å². The highest BCUT2D eigenvalue weighted by molar-refractivity contribution is 14.0. The second kappa shape index (κ2) is 12.1. The zero-order chi connectivity index (χ0) is 22.3. The number of ether oxygens (including phenoxy) is 4. The number of aliphatic imine (C=N–C) groups is 1. The fourth-order valence-electron chi connectivity index (χ4n) is 2.94. The van der Waals surface area contributed by atoms with Gasteiger partial charge in [-0.15, -0.1) is 24.0 Å². The van der Waals surface area contributed by atoms with Crippen molar-refractivity contribution in [2.24, 2.45) is 4.99 Å². The van der Waals surface area contributed by atoms with Crippen molar-refractivity contribution in [3.05, 3.63) is 17.7 Å². The van der Waals surface area contributed by atoms with Crippen LogP contribution in [0, 0.1) is 0 Å². The molecule has 0 atom stereocenters. The monoisotopic (exact) mass is 550 g/mol. The Hall–Kier alpha value is -2.11. The Morgan fingerprint density at radius 3 is 2.19 bits per heavy atom. The maximum absolute atomic E-state index is 12.1. The van der Waals surface area contributed by atoms with Gasteiger partial charge in [0.05, 0.1) is 33.9 Å². The van der Waals surface area contributed by atoms with Gasteiger partial charge in [-0.25, -0.2) is 9.79 Å². The van der Waals surface area contributed by atoms with Crippen molar-refractivity contribution in [1.82, 2.24) is 15.5 Å². The van der Waals surface area contributed by atoms with E-state index in [1.54, 1.807) is 32.3 Å². The Balaban J connectivity index is 0.00000480. The molecule has 1 fully saturated rings. The largest absolute Gasteiger partial charge is 0.496 e. The SMILES string of the molecule is CCNC(=NCc1cc(OC)c(OC)cc1OC)NC1CN(C(=O)OC(C)(C)C)C1.I. The van der Waals surface area contributed by atoms with E-state index in [0.717, 1.165) is 12.1 Å². The summed E-state index contributed by atoms with van der Waals surface area (Å²) in [6.45, 7) is 9.83. The molecule has 1 amide bonds. The molecule has 31 heavy (non-hydrogen) atoms. The predicted octanol–water partition coefficient (Wildman–Crippen LogP) is 3.00. The Morgan fingerprint density at radius 1 is 1.10 bits per heavy atom. The van der Waals surface area contributed by atoms with E-state index < -0.39 is 5.60 Å². The lowest BCUT2D eigenvalue weighted by atomic mass is 10.1. The lowest BCUT2D eigenvalue weighted by Crippen LogP contribution is -2.63. The molecule has 0 spiro atoms. The molecule has 9 nitrogen and oxygen atoms in total. The molecule has 1 aliphatic rings. The van der Waals surface area contributed by atoms with Crippen molar-refractivity contribution in [2.75, 3.05) is 41.0 Å². The molecule has 176 valence electrons. The molecule has 1 saturated heterocycles. The third-order valence-corrected chi connectivity index (χ3v) is 4.41. The lowest BCUT2D eigenvalue weighted by Gasteiger charge is -2.40. The molecule has 1 heterocycles. The quantitative estimate of drug-likeness (QED) is 0.306. The van der Waals surface area contributed by atoms with Crippen molar-refractivity contribution in [3.63, 3.8) is 0 Å². The second-order valence-electron chi connectivity index (χ2n) is 7.94. The Labute approximate surface area is 201 Å². The number of methoxy groups -OCH3 is 3. The summed E-state index contributed by atoms with van der Waals surface area (Å²) in [4.78, 5) is 18.4. The predicted molar refractivity (Wildman–Crippen MR) is 131 cm³/mol. The molecule has 0 saturated carbocycles. The molecule has 2 rings (SSSR count). The molecule has 0 aliphatic carbocycles. The average Bonchev–Trinajstić information content (AvgIpc) is 2.65. The fraction of sp³-hybridized carbons (Fsp3) is 0.619. The van der Waals surface area contributed by atoms with Crippen molar-refractivity contribution in [3.8, 4) is 17.2 Å². The summed E-state index contributed by atoms with van der Waals surface area (Å²) in [7, 11) is 4.79. The van der Waals surface area contributed by atoms with E-state index in [4.69, 9.17) is 18.9 Å². The number of nitrogens with one attached hydrogen (secondary N) is 2. The molecule has 0 bridgehead atoms. The number of halogens is 1. The van der Waals surface area contributed by atoms with Crippen molar-refractivity contribution >= 4 is 36.0 Å². The number of guanidine groups is 1. The van der Waals surface area contributed by atoms with Crippen LogP contribution in [0.15, 0.2) is 17.1 Å². The topological polar surface area (TPSA) is 93.7 Å². The Morgan fingerprint density at radius 2 is 1.68 bits per heavy atom. The molecule has 1 aromatic carbocycles. The Kier molecular flexibility index (Phi) is 10.5. The summed E-state index contributed by atoms with van der Waals surface area (Å²) < 4.78 is 21.6. The van der Waals surface area contributed by atoms with Crippen LogP contribution in [0.4, 0.5) is 4.79 Å². The maximum Gasteiger partial charge on any atom is 0.410 e. The van der Waals surface area contributed by atoms with Gasteiger partial charge in [-0.3, -0.25) is 0 Å². The Bertz CT molecular complexity index is 761. The number of rotatable bonds is 7. The number of hydrogen-bond donors (Lipinski definition) is 2. The number of likely N-dealkylation sites (tertiary alicyclic amines) is 1. The molecule has 1 aromatic rings. The van der Waals surface area contributed by atoms with Crippen LogP contribution in [0.3, 0.4) is 0 Å². The van der Waals surface area contributed by atoms with Gasteiger partial charge in [-0.05, 0) is 33.8 Å². The van der Waals surface area contributed by atoms with Crippen LogP contribution < -0.4 is 24.8 Å². The van der Waals surface area contributed by atoms with E-state index in [1.807, 2.05) is 33.8 Å². The first-order chi connectivity index (χ1) is 14.2. The van der Waals surface area contributed by atoms with Crippen LogP contribution >= 0.6 is 24.0 Å². The number of hydrogen-bond acceptors (Lipinski definition) is 6. The molecular formula is C21H35IN4O5. The number of amides is 1. The lowest BCUT2D eigenvalue weighted by molar-refractivity contribution is 0.00700. The highest BCUT2D eigenvalue weighted by Crippen LogP contribution is 2.34. The summed E-state index contributed by atoms with van der Waals surface area (Å²) in [6.07, 6.45) is -0.294. The van der Waals surface area contributed by atoms with E-state index in [-0.39, 0.29) is 36.1 Å². The number of carbonyl (C=O) groups excluding carboxylic acids is 1. The number of benzene rings is 1. The first-order valence-electron chi connectivity index (χ1n) is 10.0. The van der Waals surface area contributed by atoms with E-state index in [1.165, 1.54) is 0 Å². The number of nitrogens with zero attached hydrogens (tertiary/aromatic N) is 2. The summed E-state index contributed by atoms with van der Waals surface area (Å²) >= 11 is 0. The normalized spacial score (nSPS) is 14.2. The summed E-state index contributed by atoms with van der Waals surface area (Å²) in [5, 5.41) is 6.58. The minimum Gasteiger partial charge on any atom is -0.496 e. The summed E-state index contributed by atoms with van der Waals surface area (Å²) in [5.41, 5.74) is 0.376. The summed E-state index contributed by atoms with van der Waals surface area (Å²) in [5.74, 6) is 2.56. The van der Waals surface area contributed by atoms with Gasteiger partial charge in [-0.1, -0.05) is 0 Å². The molecule has 0 radical (unpaired) electrons. The molecular weight excluding hydrogens is 515 g/mol. The summed E-state index contributed by atoms with van der Waals surface area (Å²) in [6, 6.07) is 3.76. The van der Waals surface area contributed by atoms with Gasteiger partial charge in [0, 0.05) is 31.3 Å². The molecule has 10 heteroatoms. The molecule has 0 aromatic heterocycles. The highest BCUT2D eigenvalue weighted by Gasteiger charge is 2.34. The molecule has 1 aliphatic heterocycles. The highest BCUT2D eigenvalue weighted by atomic mass is 127. The smallest absolute Gasteiger partial charge is 0.410 e. The zero-order valence-corrected chi connectivity index (χ0v) is 21.7. The van der Waals surface area contributed by atoms with Crippen LogP contribution in [0.1, 0.15) is 33.3 Å². The minimum atomic E-state index is -0.496. The van der Waals surface area contributed by atoms with Crippen LogP contribution in [0.25, 0.3) is 0 Å². The van der Waals surface area contributed by atoms with Crippen LogP contribution in [-0.2, 0) is 11.3 Å². The number of carbonyl (C=O) groups is 1. The maximum atomic E-state index is 12.1. The third kappa shape index (κ3) is 7.82.